The molecule has 0 aromatic carbocycles. The Kier molecular flexibility index (Phi) is 3.37. The van der Waals surface area contributed by atoms with Crippen LogP contribution in [-0.2, 0) is 23.6 Å². The first-order valence-electron chi connectivity index (χ1n) is 5.15. The molecule has 2 heterocycles. The fourth-order valence-electron chi connectivity index (χ4n) is 1.80. The Morgan fingerprint density at radius 3 is 2.81 bits per heavy atom. The first-order chi connectivity index (χ1) is 7.49. The van der Waals surface area contributed by atoms with Gasteiger partial charge >= 0.3 is 0 Å². The number of nitrogens with zero attached hydrogens (tertiary/aromatic N) is 3. The SMILES string of the molecule is Cn1cc(Br)c(CN2CCCCS2(=O)=O)n1. The van der Waals surface area contributed by atoms with Crippen molar-refractivity contribution in [3.63, 3.8) is 0 Å². The Bertz CT molecular complexity index is 483. The predicted octanol–water partition coefficient (Wildman–Crippen LogP) is 1.11. The highest BCUT2D eigenvalue weighted by atomic mass is 79.9. The number of sulfonamides is 1. The number of halogens is 1. The lowest BCUT2D eigenvalue weighted by molar-refractivity contribution is 0.373. The quantitative estimate of drug-likeness (QED) is 0.822. The lowest BCUT2D eigenvalue weighted by Crippen LogP contribution is -2.37. The third-order valence-corrected chi connectivity index (χ3v) is 5.20. The first kappa shape index (κ1) is 12.1. The lowest BCUT2D eigenvalue weighted by Gasteiger charge is -2.25. The molecule has 16 heavy (non-hydrogen) atoms. The van der Waals surface area contributed by atoms with E-state index in [-0.39, 0.29) is 5.75 Å². The Hall–Kier alpha value is -0.400. The molecule has 1 saturated heterocycles. The summed E-state index contributed by atoms with van der Waals surface area (Å²) >= 11 is 3.38. The summed E-state index contributed by atoms with van der Waals surface area (Å²) < 4.78 is 27.6. The Balaban J connectivity index is 2.18. The van der Waals surface area contributed by atoms with Gasteiger partial charge in [0.25, 0.3) is 0 Å². The average molecular weight is 308 g/mol. The maximum absolute atomic E-state index is 11.8. The second kappa shape index (κ2) is 4.46. The highest BCUT2D eigenvalue weighted by Crippen LogP contribution is 2.21. The Labute approximate surface area is 104 Å². The third kappa shape index (κ3) is 2.46. The second-order valence-corrected chi connectivity index (χ2v) is 6.90. The van der Waals surface area contributed by atoms with Crippen LogP contribution in [0.4, 0.5) is 0 Å². The van der Waals surface area contributed by atoms with E-state index in [9.17, 15) is 8.42 Å². The molecule has 1 fully saturated rings. The van der Waals surface area contributed by atoms with Crippen molar-refractivity contribution in [2.75, 3.05) is 12.3 Å². The Morgan fingerprint density at radius 1 is 1.50 bits per heavy atom. The maximum Gasteiger partial charge on any atom is 0.214 e. The number of aromatic nitrogens is 2. The summed E-state index contributed by atoms with van der Waals surface area (Å²) in [5.74, 6) is 0.261. The summed E-state index contributed by atoms with van der Waals surface area (Å²) in [6, 6.07) is 0. The van der Waals surface area contributed by atoms with Crippen LogP contribution in [0.15, 0.2) is 10.7 Å². The fourth-order valence-corrected chi connectivity index (χ4v) is 3.85. The molecule has 5 nitrogen and oxygen atoms in total. The Morgan fingerprint density at radius 2 is 2.25 bits per heavy atom. The molecule has 0 bridgehead atoms. The number of hydrogen-bond donors (Lipinski definition) is 0. The summed E-state index contributed by atoms with van der Waals surface area (Å²) in [4.78, 5) is 0. The highest BCUT2D eigenvalue weighted by Gasteiger charge is 2.26. The van der Waals surface area contributed by atoms with Crippen molar-refractivity contribution in [3.8, 4) is 0 Å². The molecule has 0 aliphatic carbocycles. The molecule has 2 rings (SSSR count). The van der Waals surface area contributed by atoms with Gasteiger partial charge in [-0.2, -0.15) is 9.40 Å². The van der Waals surface area contributed by atoms with Crippen molar-refractivity contribution in [1.82, 2.24) is 14.1 Å². The van der Waals surface area contributed by atoms with Crippen molar-refractivity contribution < 1.29 is 8.42 Å². The van der Waals surface area contributed by atoms with E-state index in [4.69, 9.17) is 0 Å². The molecule has 1 aliphatic rings. The zero-order valence-electron chi connectivity index (χ0n) is 9.06. The smallest absolute Gasteiger partial charge is 0.214 e. The molecular weight excluding hydrogens is 294 g/mol. The van der Waals surface area contributed by atoms with Crippen molar-refractivity contribution in [2.45, 2.75) is 19.4 Å². The fraction of sp³-hybridized carbons (Fsp3) is 0.667. The lowest BCUT2D eigenvalue weighted by atomic mass is 10.3. The van der Waals surface area contributed by atoms with E-state index in [1.54, 1.807) is 4.68 Å². The predicted molar refractivity (Wildman–Crippen MR) is 64.3 cm³/mol. The largest absolute Gasteiger partial charge is 0.274 e. The summed E-state index contributed by atoms with van der Waals surface area (Å²) in [5.41, 5.74) is 0.771. The van der Waals surface area contributed by atoms with Gasteiger partial charge in [-0.15, -0.1) is 0 Å². The van der Waals surface area contributed by atoms with Crippen LogP contribution in [0, 0.1) is 0 Å². The average Bonchev–Trinajstić information content (AvgIpc) is 2.49. The molecule has 0 amide bonds. The van der Waals surface area contributed by atoms with Crippen molar-refractivity contribution in [1.29, 1.82) is 0 Å². The summed E-state index contributed by atoms with van der Waals surface area (Å²) in [7, 11) is -1.25. The molecule has 0 spiro atoms. The molecule has 0 N–H and O–H groups in total. The van der Waals surface area contributed by atoms with Crippen LogP contribution in [0.25, 0.3) is 0 Å². The number of hydrogen-bond acceptors (Lipinski definition) is 3. The van der Waals surface area contributed by atoms with Gasteiger partial charge in [-0.3, -0.25) is 4.68 Å². The van der Waals surface area contributed by atoms with Crippen LogP contribution >= 0.6 is 15.9 Å². The second-order valence-electron chi connectivity index (χ2n) is 3.95. The minimum Gasteiger partial charge on any atom is -0.274 e. The van der Waals surface area contributed by atoms with Gasteiger partial charge in [-0.25, -0.2) is 8.42 Å². The van der Waals surface area contributed by atoms with Crippen LogP contribution < -0.4 is 0 Å². The van der Waals surface area contributed by atoms with Gasteiger partial charge in [0.2, 0.25) is 10.0 Å². The molecule has 0 radical (unpaired) electrons. The van der Waals surface area contributed by atoms with E-state index in [0.717, 1.165) is 23.0 Å². The molecule has 90 valence electrons. The normalized spacial score (nSPS) is 21.1. The molecular formula is C9H14BrN3O2S. The summed E-state index contributed by atoms with van der Waals surface area (Å²) in [5, 5.41) is 4.23. The van der Waals surface area contributed by atoms with Gasteiger partial charge in [0.15, 0.2) is 0 Å². The number of rotatable bonds is 2. The number of aryl methyl sites for hydroxylation is 1. The van der Waals surface area contributed by atoms with Gasteiger partial charge in [-0.05, 0) is 28.8 Å². The summed E-state index contributed by atoms with van der Waals surface area (Å²) in [6.07, 6.45) is 3.53. The van der Waals surface area contributed by atoms with E-state index in [2.05, 4.69) is 21.0 Å². The highest BCUT2D eigenvalue weighted by molar-refractivity contribution is 9.10. The molecule has 1 aliphatic heterocycles. The molecule has 0 atom stereocenters. The van der Waals surface area contributed by atoms with E-state index in [1.165, 1.54) is 4.31 Å². The molecule has 7 heteroatoms. The molecule has 1 aromatic rings. The topological polar surface area (TPSA) is 55.2 Å². The maximum atomic E-state index is 11.8. The van der Waals surface area contributed by atoms with Gasteiger partial charge in [-0.1, -0.05) is 0 Å². The van der Waals surface area contributed by atoms with Crippen molar-refractivity contribution in [3.05, 3.63) is 16.4 Å². The van der Waals surface area contributed by atoms with E-state index >= 15 is 0 Å². The van der Waals surface area contributed by atoms with Gasteiger partial charge in [0.1, 0.15) is 0 Å². The van der Waals surface area contributed by atoms with Crippen LogP contribution in [0.2, 0.25) is 0 Å². The van der Waals surface area contributed by atoms with Gasteiger partial charge in [0.05, 0.1) is 22.5 Å². The van der Waals surface area contributed by atoms with Crippen LogP contribution in [-0.4, -0.2) is 34.8 Å². The standard InChI is InChI=1S/C9H14BrN3O2S/c1-12-6-8(10)9(11-12)7-13-4-2-3-5-16(13,14)15/h6H,2-5,7H2,1H3. The van der Waals surface area contributed by atoms with E-state index < -0.39 is 10.0 Å². The minimum absolute atomic E-state index is 0.261. The molecule has 0 unspecified atom stereocenters. The van der Waals surface area contributed by atoms with Crippen molar-refractivity contribution in [2.24, 2.45) is 7.05 Å². The minimum atomic E-state index is -3.07. The van der Waals surface area contributed by atoms with Gasteiger partial charge in [0, 0.05) is 19.8 Å². The monoisotopic (exact) mass is 307 g/mol. The van der Waals surface area contributed by atoms with Crippen LogP contribution in [0.5, 0.6) is 0 Å². The zero-order chi connectivity index (χ0) is 11.8. The van der Waals surface area contributed by atoms with E-state index in [0.29, 0.717) is 13.1 Å². The van der Waals surface area contributed by atoms with Crippen LogP contribution in [0.3, 0.4) is 0 Å². The van der Waals surface area contributed by atoms with Crippen molar-refractivity contribution >= 4 is 26.0 Å². The summed E-state index contributed by atoms with van der Waals surface area (Å²) in [6.45, 7) is 0.967. The molecule has 1 aromatic heterocycles. The van der Waals surface area contributed by atoms with E-state index in [1.807, 2.05) is 13.2 Å². The third-order valence-electron chi connectivity index (χ3n) is 2.63. The van der Waals surface area contributed by atoms with Crippen LogP contribution in [0.1, 0.15) is 18.5 Å². The molecule has 0 saturated carbocycles. The first-order valence-corrected chi connectivity index (χ1v) is 7.55. The zero-order valence-corrected chi connectivity index (χ0v) is 11.5. The van der Waals surface area contributed by atoms with Gasteiger partial charge < -0.3 is 0 Å².